The maximum Gasteiger partial charge on any atom is 0.303 e. The summed E-state index contributed by atoms with van der Waals surface area (Å²) in [6.45, 7) is 3.09. The van der Waals surface area contributed by atoms with Crippen molar-refractivity contribution in [1.82, 2.24) is 0 Å². The Bertz CT molecular complexity index is 359. The van der Waals surface area contributed by atoms with Crippen LogP contribution in [-0.2, 0) is 11.2 Å². The Morgan fingerprint density at radius 3 is 2.44 bits per heavy atom. The largest absolute Gasteiger partial charge is 0.481 e. The zero-order valence-corrected chi connectivity index (χ0v) is 11.4. The average Bonchev–Trinajstić information content (AvgIpc) is 2.35. The third kappa shape index (κ3) is 5.21. The number of carbonyl (C=O) groups is 1. The number of aryl methyl sites for hydroxylation is 1. The highest BCUT2D eigenvalue weighted by molar-refractivity contribution is 5.66. The molecule has 1 aromatic carbocycles. The predicted molar refractivity (Wildman–Crippen MR) is 75.2 cm³/mol. The molecule has 0 saturated heterocycles. The number of aliphatic carboxylic acids is 1. The van der Waals surface area contributed by atoms with Gasteiger partial charge in [-0.05, 0) is 37.0 Å². The van der Waals surface area contributed by atoms with Gasteiger partial charge in [-0.2, -0.15) is 0 Å². The number of anilines is 1. The fraction of sp³-hybridized carbons (Fsp3) is 0.533. The SMILES string of the molecule is CCCc1ccc(N(C)CCCCC(=O)O)cc1. The summed E-state index contributed by atoms with van der Waals surface area (Å²) in [5.74, 6) is -0.707. The van der Waals surface area contributed by atoms with Gasteiger partial charge < -0.3 is 10.0 Å². The maximum absolute atomic E-state index is 10.4. The number of benzene rings is 1. The highest BCUT2D eigenvalue weighted by Crippen LogP contribution is 2.15. The fourth-order valence-corrected chi connectivity index (χ4v) is 1.96. The second kappa shape index (κ2) is 7.75. The quantitative estimate of drug-likeness (QED) is 0.718. The van der Waals surface area contributed by atoms with Crippen molar-refractivity contribution in [3.8, 4) is 0 Å². The molecule has 0 bridgehead atoms. The molecule has 0 saturated carbocycles. The van der Waals surface area contributed by atoms with Gasteiger partial charge in [0.1, 0.15) is 0 Å². The molecule has 0 aliphatic heterocycles. The van der Waals surface area contributed by atoms with E-state index in [4.69, 9.17) is 5.11 Å². The molecule has 0 heterocycles. The minimum Gasteiger partial charge on any atom is -0.481 e. The molecule has 1 aromatic rings. The topological polar surface area (TPSA) is 40.5 Å². The third-order valence-electron chi connectivity index (χ3n) is 3.05. The minimum absolute atomic E-state index is 0.267. The summed E-state index contributed by atoms with van der Waals surface area (Å²) in [5.41, 5.74) is 2.57. The number of rotatable bonds is 8. The van der Waals surface area contributed by atoms with Gasteiger partial charge in [-0.25, -0.2) is 0 Å². The molecule has 0 radical (unpaired) electrons. The van der Waals surface area contributed by atoms with E-state index >= 15 is 0 Å². The molecular weight excluding hydrogens is 226 g/mol. The molecule has 18 heavy (non-hydrogen) atoms. The van der Waals surface area contributed by atoms with Crippen molar-refractivity contribution >= 4 is 11.7 Å². The van der Waals surface area contributed by atoms with Gasteiger partial charge in [0, 0.05) is 25.7 Å². The summed E-state index contributed by atoms with van der Waals surface area (Å²) in [4.78, 5) is 12.6. The Labute approximate surface area is 109 Å². The van der Waals surface area contributed by atoms with Gasteiger partial charge in [-0.3, -0.25) is 4.79 Å². The Morgan fingerprint density at radius 1 is 1.22 bits per heavy atom. The summed E-state index contributed by atoms with van der Waals surface area (Å²) in [7, 11) is 2.05. The van der Waals surface area contributed by atoms with Crippen molar-refractivity contribution in [2.45, 2.75) is 39.0 Å². The van der Waals surface area contributed by atoms with Crippen LogP contribution in [0, 0.1) is 0 Å². The number of hydrogen-bond acceptors (Lipinski definition) is 2. The van der Waals surface area contributed by atoms with E-state index in [9.17, 15) is 4.79 Å². The first kappa shape index (κ1) is 14.6. The van der Waals surface area contributed by atoms with Crippen LogP contribution in [0.15, 0.2) is 24.3 Å². The van der Waals surface area contributed by atoms with Crippen LogP contribution in [0.1, 0.15) is 38.2 Å². The second-order valence-electron chi connectivity index (χ2n) is 4.69. The molecule has 1 rings (SSSR count). The molecule has 1 N–H and O–H groups in total. The Kier molecular flexibility index (Phi) is 6.26. The Balaban J connectivity index is 2.36. The molecule has 0 amide bonds. The standard InChI is InChI=1S/C15H23NO2/c1-3-6-13-8-10-14(11-9-13)16(2)12-5-4-7-15(17)18/h8-11H,3-7,12H2,1-2H3,(H,17,18). The summed E-state index contributed by atoms with van der Waals surface area (Å²) in [5, 5.41) is 8.56. The highest BCUT2D eigenvalue weighted by Gasteiger charge is 2.02. The zero-order chi connectivity index (χ0) is 13.4. The molecule has 0 unspecified atom stereocenters. The van der Waals surface area contributed by atoms with Gasteiger partial charge in [0.25, 0.3) is 0 Å². The molecule has 0 atom stereocenters. The average molecular weight is 249 g/mol. The Morgan fingerprint density at radius 2 is 1.89 bits per heavy atom. The van der Waals surface area contributed by atoms with E-state index in [1.54, 1.807) is 0 Å². The van der Waals surface area contributed by atoms with Gasteiger partial charge >= 0.3 is 5.97 Å². The molecule has 3 heteroatoms. The van der Waals surface area contributed by atoms with E-state index in [1.807, 2.05) is 0 Å². The molecule has 3 nitrogen and oxygen atoms in total. The van der Waals surface area contributed by atoms with Crippen LogP contribution in [0.3, 0.4) is 0 Å². The molecule has 0 fully saturated rings. The van der Waals surface area contributed by atoms with E-state index in [2.05, 4.69) is 43.1 Å². The number of carboxylic acids is 1. The van der Waals surface area contributed by atoms with Crippen LogP contribution in [0.2, 0.25) is 0 Å². The summed E-state index contributed by atoms with van der Waals surface area (Å²) in [6, 6.07) is 8.63. The summed E-state index contributed by atoms with van der Waals surface area (Å²) >= 11 is 0. The van der Waals surface area contributed by atoms with Crippen molar-refractivity contribution in [2.75, 3.05) is 18.5 Å². The van der Waals surface area contributed by atoms with Gasteiger partial charge in [-0.1, -0.05) is 25.5 Å². The smallest absolute Gasteiger partial charge is 0.303 e. The fourth-order valence-electron chi connectivity index (χ4n) is 1.96. The van der Waals surface area contributed by atoms with Crippen molar-refractivity contribution in [1.29, 1.82) is 0 Å². The van der Waals surface area contributed by atoms with Crippen LogP contribution < -0.4 is 4.90 Å². The lowest BCUT2D eigenvalue weighted by atomic mass is 10.1. The van der Waals surface area contributed by atoms with Crippen LogP contribution in [0.5, 0.6) is 0 Å². The lowest BCUT2D eigenvalue weighted by molar-refractivity contribution is -0.137. The van der Waals surface area contributed by atoms with E-state index in [-0.39, 0.29) is 6.42 Å². The number of carboxylic acid groups (broad SMARTS) is 1. The first-order valence-electron chi connectivity index (χ1n) is 6.65. The van der Waals surface area contributed by atoms with Crippen molar-refractivity contribution < 1.29 is 9.90 Å². The van der Waals surface area contributed by atoms with Crippen molar-refractivity contribution in [3.05, 3.63) is 29.8 Å². The van der Waals surface area contributed by atoms with Crippen molar-refractivity contribution in [2.24, 2.45) is 0 Å². The Hall–Kier alpha value is -1.51. The highest BCUT2D eigenvalue weighted by atomic mass is 16.4. The maximum atomic E-state index is 10.4. The summed E-state index contributed by atoms with van der Waals surface area (Å²) in [6.07, 6.45) is 4.23. The normalized spacial score (nSPS) is 10.3. The van der Waals surface area contributed by atoms with Gasteiger partial charge in [0.2, 0.25) is 0 Å². The van der Waals surface area contributed by atoms with Crippen LogP contribution in [0.25, 0.3) is 0 Å². The first-order valence-corrected chi connectivity index (χ1v) is 6.65. The number of unbranched alkanes of at least 4 members (excludes halogenated alkanes) is 1. The number of hydrogen-bond donors (Lipinski definition) is 1. The third-order valence-corrected chi connectivity index (χ3v) is 3.05. The first-order chi connectivity index (χ1) is 8.63. The van der Waals surface area contributed by atoms with Crippen LogP contribution >= 0.6 is 0 Å². The molecule has 0 aliphatic carbocycles. The lowest BCUT2D eigenvalue weighted by Gasteiger charge is -2.19. The van der Waals surface area contributed by atoms with Crippen molar-refractivity contribution in [3.63, 3.8) is 0 Å². The molecule has 0 spiro atoms. The van der Waals surface area contributed by atoms with E-state index in [1.165, 1.54) is 17.7 Å². The zero-order valence-electron chi connectivity index (χ0n) is 11.4. The van der Waals surface area contributed by atoms with E-state index < -0.39 is 5.97 Å². The van der Waals surface area contributed by atoms with Crippen LogP contribution in [0.4, 0.5) is 5.69 Å². The number of nitrogens with zero attached hydrogens (tertiary/aromatic N) is 1. The monoisotopic (exact) mass is 249 g/mol. The molecular formula is C15H23NO2. The molecule has 100 valence electrons. The molecule has 0 aliphatic rings. The van der Waals surface area contributed by atoms with E-state index in [0.717, 1.165) is 25.8 Å². The summed E-state index contributed by atoms with van der Waals surface area (Å²) < 4.78 is 0. The van der Waals surface area contributed by atoms with Crippen LogP contribution in [-0.4, -0.2) is 24.7 Å². The molecule has 0 aromatic heterocycles. The lowest BCUT2D eigenvalue weighted by Crippen LogP contribution is -2.18. The van der Waals surface area contributed by atoms with Gasteiger partial charge in [0.15, 0.2) is 0 Å². The predicted octanol–water partition coefficient (Wildman–Crippen LogP) is 3.33. The van der Waals surface area contributed by atoms with Gasteiger partial charge in [0.05, 0.1) is 0 Å². The minimum atomic E-state index is -0.707. The second-order valence-corrected chi connectivity index (χ2v) is 4.69. The van der Waals surface area contributed by atoms with E-state index in [0.29, 0.717) is 0 Å². The van der Waals surface area contributed by atoms with Gasteiger partial charge in [-0.15, -0.1) is 0 Å².